The summed E-state index contributed by atoms with van der Waals surface area (Å²) >= 11 is 9.94. The highest BCUT2D eigenvalue weighted by Gasteiger charge is 2.18. The first-order valence-corrected chi connectivity index (χ1v) is 3.65. The van der Waals surface area contributed by atoms with Crippen LogP contribution >= 0.6 is 24.4 Å². The Kier molecular flexibility index (Phi) is 1.97. The van der Waals surface area contributed by atoms with Gasteiger partial charge in [0.15, 0.2) is 5.11 Å². The third-order valence-electron chi connectivity index (χ3n) is 1.25. The van der Waals surface area contributed by atoms with Crippen molar-refractivity contribution in [3.05, 3.63) is 0 Å². The molecule has 0 aromatic carbocycles. The van der Waals surface area contributed by atoms with Gasteiger partial charge in [0.2, 0.25) is 0 Å². The standard InChI is InChI=1S/C5H8N2S2/c1-2-7-4(8)3-6-5(7)9/h2-3H2,1H3,(H,6,9). The number of hydrogen-bond donors (Lipinski definition) is 1. The topological polar surface area (TPSA) is 15.3 Å². The quantitative estimate of drug-likeness (QED) is 0.562. The number of nitrogens with one attached hydrogen (secondary N) is 1. The molecule has 0 saturated carbocycles. The zero-order chi connectivity index (χ0) is 6.85. The SMILES string of the molecule is CCN1C(=S)CNC1=S. The van der Waals surface area contributed by atoms with E-state index in [0.717, 1.165) is 23.2 Å². The molecule has 0 aromatic rings. The molecule has 50 valence electrons. The summed E-state index contributed by atoms with van der Waals surface area (Å²) in [6.07, 6.45) is 0. The molecule has 1 heterocycles. The van der Waals surface area contributed by atoms with Crippen molar-refractivity contribution in [2.75, 3.05) is 13.1 Å². The van der Waals surface area contributed by atoms with Crippen molar-refractivity contribution in [2.24, 2.45) is 0 Å². The Morgan fingerprint density at radius 3 is 2.56 bits per heavy atom. The lowest BCUT2D eigenvalue weighted by Gasteiger charge is -2.11. The third-order valence-corrected chi connectivity index (χ3v) is 1.98. The molecule has 0 spiro atoms. The van der Waals surface area contributed by atoms with E-state index < -0.39 is 0 Å². The zero-order valence-electron chi connectivity index (χ0n) is 5.18. The van der Waals surface area contributed by atoms with Gasteiger partial charge < -0.3 is 10.2 Å². The molecule has 1 rings (SSSR count). The Bertz CT molecular complexity index is 139. The molecule has 1 aliphatic rings. The third kappa shape index (κ3) is 1.19. The molecule has 0 amide bonds. The number of likely N-dealkylation sites (N-methyl/N-ethyl adjacent to an activating group) is 1. The lowest BCUT2D eigenvalue weighted by Crippen LogP contribution is -2.29. The first-order chi connectivity index (χ1) is 4.25. The van der Waals surface area contributed by atoms with E-state index in [1.165, 1.54) is 0 Å². The number of hydrogen-bond acceptors (Lipinski definition) is 2. The van der Waals surface area contributed by atoms with Crippen molar-refractivity contribution in [1.29, 1.82) is 0 Å². The van der Waals surface area contributed by atoms with Gasteiger partial charge in [0.05, 0.1) is 6.54 Å². The van der Waals surface area contributed by atoms with Crippen LogP contribution in [0.1, 0.15) is 6.92 Å². The Morgan fingerprint density at radius 1 is 1.67 bits per heavy atom. The minimum Gasteiger partial charge on any atom is -0.356 e. The summed E-state index contributed by atoms with van der Waals surface area (Å²) in [5, 5.41) is 3.75. The second-order valence-corrected chi connectivity index (χ2v) is 2.65. The molecule has 1 N–H and O–H groups in total. The smallest absolute Gasteiger partial charge is 0.174 e. The maximum atomic E-state index is 4.99. The Balaban J connectivity index is 2.66. The van der Waals surface area contributed by atoms with E-state index in [9.17, 15) is 0 Å². The molecule has 1 saturated heterocycles. The van der Waals surface area contributed by atoms with Crippen LogP contribution in [-0.2, 0) is 0 Å². The van der Waals surface area contributed by atoms with Gasteiger partial charge in [0.25, 0.3) is 0 Å². The molecule has 4 heteroatoms. The van der Waals surface area contributed by atoms with Crippen molar-refractivity contribution in [3.63, 3.8) is 0 Å². The average molecular weight is 160 g/mol. The van der Waals surface area contributed by atoms with Crippen LogP contribution < -0.4 is 5.32 Å². The summed E-state index contributed by atoms with van der Waals surface area (Å²) in [6.45, 7) is 3.65. The van der Waals surface area contributed by atoms with E-state index in [1.54, 1.807) is 0 Å². The van der Waals surface area contributed by atoms with Crippen LogP contribution in [0, 0.1) is 0 Å². The molecule has 0 aliphatic carbocycles. The van der Waals surface area contributed by atoms with Crippen molar-refractivity contribution < 1.29 is 0 Å². The van der Waals surface area contributed by atoms with Gasteiger partial charge in [-0.05, 0) is 19.1 Å². The predicted molar refractivity (Wildman–Crippen MR) is 45.6 cm³/mol. The van der Waals surface area contributed by atoms with Crippen LogP contribution in [0.3, 0.4) is 0 Å². The van der Waals surface area contributed by atoms with Crippen molar-refractivity contribution in [1.82, 2.24) is 10.2 Å². The van der Waals surface area contributed by atoms with Gasteiger partial charge in [-0.3, -0.25) is 0 Å². The summed E-state index contributed by atoms with van der Waals surface area (Å²) < 4.78 is 0. The Hall–Kier alpha value is -0.220. The number of nitrogens with zero attached hydrogens (tertiary/aromatic N) is 1. The average Bonchev–Trinajstić information content (AvgIpc) is 2.12. The zero-order valence-corrected chi connectivity index (χ0v) is 6.81. The fourth-order valence-corrected chi connectivity index (χ4v) is 1.44. The molecule has 0 radical (unpaired) electrons. The first-order valence-electron chi connectivity index (χ1n) is 2.84. The second-order valence-electron chi connectivity index (χ2n) is 1.80. The maximum absolute atomic E-state index is 4.99. The van der Waals surface area contributed by atoms with Gasteiger partial charge in [-0.1, -0.05) is 12.2 Å². The normalized spacial score (nSPS) is 18.6. The highest BCUT2D eigenvalue weighted by molar-refractivity contribution is 7.82. The lowest BCUT2D eigenvalue weighted by atomic mass is 10.6. The van der Waals surface area contributed by atoms with Crippen LogP contribution in [0.25, 0.3) is 0 Å². The summed E-state index contributed by atoms with van der Waals surface area (Å²) in [6, 6.07) is 0. The molecule has 0 bridgehead atoms. The summed E-state index contributed by atoms with van der Waals surface area (Å²) in [5.41, 5.74) is 0. The largest absolute Gasteiger partial charge is 0.356 e. The first kappa shape index (κ1) is 6.89. The van der Waals surface area contributed by atoms with E-state index in [2.05, 4.69) is 5.32 Å². The van der Waals surface area contributed by atoms with Gasteiger partial charge >= 0.3 is 0 Å². The van der Waals surface area contributed by atoms with E-state index in [0.29, 0.717) is 0 Å². The van der Waals surface area contributed by atoms with Crippen LogP contribution in [0.2, 0.25) is 0 Å². The molecule has 1 aliphatic heterocycles. The monoisotopic (exact) mass is 160 g/mol. The summed E-state index contributed by atoms with van der Waals surface area (Å²) in [5.74, 6) is 0. The number of rotatable bonds is 1. The van der Waals surface area contributed by atoms with E-state index in [1.807, 2.05) is 11.8 Å². The van der Waals surface area contributed by atoms with E-state index in [4.69, 9.17) is 24.4 Å². The highest BCUT2D eigenvalue weighted by atomic mass is 32.1. The molecule has 0 atom stereocenters. The predicted octanol–water partition coefficient (Wildman–Crippen LogP) is 0.524. The summed E-state index contributed by atoms with van der Waals surface area (Å²) in [4.78, 5) is 2.83. The molecular formula is C5H8N2S2. The van der Waals surface area contributed by atoms with E-state index in [-0.39, 0.29) is 0 Å². The second kappa shape index (κ2) is 2.58. The maximum Gasteiger partial charge on any atom is 0.174 e. The number of thiocarbonyl (C=S) groups is 2. The Morgan fingerprint density at radius 2 is 2.33 bits per heavy atom. The van der Waals surface area contributed by atoms with Crippen LogP contribution in [-0.4, -0.2) is 28.1 Å². The van der Waals surface area contributed by atoms with Crippen molar-refractivity contribution in [2.45, 2.75) is 6.92 Å². The molecular weight excluding hydrogens is 152 g/mol. The molecule has 9 heavy (non-hydrogen) atoms. The summed E-state index contributed by atoms with van der Waals surface area (Å²) in [7, 11) is 0. The van der Waals surface area contributed by atoms with Gasteiger partial charge in [-0.15, -0.1) is 0 Å². The fraction of sp³-hybridized carbons (Fsp3) is 0.600. The minimum atomic E-state index is 0.738. The lowest BCUT2D eigenvalue weighted by molar-refractivity contribution is 0.673. The Labute approximate surface area is 65.2 Å². The van der Waals surface area contributed by atoms with E-state index >= 15 is 0 Å². The highest BCUT2D eigenvalue weighted by Crippen LogP contribution is 1.99. The molecule has 0 aromatic heterocycles. The van der Waals surface area contributed by atoms with Gasteiger partial charge in [-0.25, -0.2) is 0 Å². The van der Waals surface area contributed by atoms with Gasteiger partial charge in [-0.2, -0.15) is 0 Å². The van der Waals surface area contributed by atoms with Gasteiger partial charge in [0.1, 0.15) is 4.99 Å². The molecule has 0 unspecified atom stereocenters. The fourth-order valence-electron chi connectivity index (χ4n) is 0.775. The van der Waals surface area contributed by atoms with Crippen LogP contribution in [0.4, 0.5) is 0 Å². The van der Waals surface area contributed by atoms with Crippen LogP contribution in [0.15, 0.2) is 0 Å². The van der Waals surface area contributed by atoms with Crippen LogP contribution in [0.5, 0.6) is 0 Å². The van der Waals surface area contributed by atoms with Crippen molar-refractivity contribution >= 4 is 34.5 Å². The minimum absolute atomic E-state index is 0.738. The molecule has 1 fully saturated rings. The van der Waals surface area contributed by atoms with Crippen molar-refractivity contribution in [3.8, 4) is 0 Å². The van der Waals surface area contributed by atoms with Gasteiger partial charge in [0, 0.05) is 6.54 Å². The molecule has 2 nitrogen and oxygen atoms in total.